The van der Waals surface area contributed by atoms with Crippen LogP contribution in [0.25, 0.3) is 0 Å². The normalized spacial score (nSPS) is 11.2. The van der Waals surface area contributed by atoms with E-state index in [0.717, 1.165) is 10.0 Å². The average Bonchev–Trinajstić information content (AvgIpc) is 2.46. The molecule has 2 rings (SSSR count). The molecule has 0 heterocycles. The molecule has 0 atom stereocenters. The van der Waals surface area contributed by atoms with Crippen LogP contribution in [0.3, 0.4) is 0 Å². The van der Waals surface area contributed by atoms with E-state index in [2.05, 4.69) is 26.5 Å². The number of carbonyl (C=O) groups excluding carboxylic acids is 1. The van der Waals surface area contributed by atoms with Crippen molar-refractivity contribution in [2.45, 2.75) is 6.92 Å². The number of hydrogen-bond donors (Lipinski definition) is 1. The first-order valence-corrected chi connectivity index (χ1v) is 6.72. The number of benzene rings is 2. The number of amides is 1. The van der Waals surface area contributed by atoms with Gasteiger partial charge in [-0.15, -0.1) is 0 Å². The molecule has 0 aliphatic rings. The number of nitrogens with one attached hydrogen (secondary N) is 1. The molecule has 0 fully saturated rings. The molecule has 0 aromatic heterocycles. The van der Waals surface area contributed by atoms with Gasteiger partial charge in [-0.25, -0.2) is 9.82 Å². The fraction of sp³-hybridized carbons (Fsp3) is 0.0667. The fourth-order valence-electron chi connectivity index (χ4n) is 1.56. The number of hydrazone groups is 1. The Hall–Kier alpha value is -2.01. The molecule has 2 aromatic rings. The molecule has 102 valence electrons. The zero-order chi connectivity index (χ0) is 14.5. The van der Waals surface area contributed by atoms with Crippen molar-refractivity contribution in [1.82, 2.24) is 5.43 Å². The minimum absolute atomic E-state index is 0.360. The van der Waals surface area contributed by atoms with E-state index in [1.54, 1.807) is 6.92 Å². The molecular weight excluding hydrogens is 323 g/mol. The van der Waals surface area contributed by atoms with Crippen LogP contribution in [0, 0.1) is 5.82 Å². The Morgan fingerprint density at radius 3 is 2.20 bits per heavy atom. The van der Waals surface area contributed by atoms with Gasteiger partial charge in [0.2, 0.25) is 0 Å². The summed E-state index contributed by atoms with van der Waals surface area (Å²) in [6.07, 6.45) is 0. The van der Waals surface area contributed by atoms with Crippen molar-refractivity contribution >= 4 is 27.5 Å². The SMILES string of the molecule is C/C(=N/NC(=O)c1ccc(F)cc1)c1ccc(Br)cc1. The predicted octanol–water partition coefficient (Wildman–Crippen LogP) is 3.74. The second-order valence-electron chi connectivity index (χ2n) is 4.15. The summed E-state index contributed by atoms with van der Waals surface area (Å²) in [5.74, 6) is -0.752. The van der Waals surface area contributed by atoms with E-state index < -0.39 is 0 Å². The maximum Gasteiger partial charge on any atom is 0.271 e. The van der Waals surface area contributed by atoms with Crippen molar-refractivity contribution in [2.75, 3.05) is 0 Å². The van der Waals surface area contributed by atoms with Crippen molar-refractivity contribution in [2.24, 2.45) is 5.10 Å². The summed E-state index contributed by atoms with van der Waals surface area (Å²) in [5, 5.41) is 4.03. The van der Waals surface area contributed by atoms with Crippen molar-refractivity contribution in [1.29, 1.82) is 0 Å². The van der Waals surface area contributed by atoms with Gasteiger partial charge in [0.15, 0.2) is 0 Å². The first-order chi connectivity index (χ1) is 9.56. The van der Waals surface area contributed by atoms with Gasteiger partial charge < -0.3 is 0 Å². The summed E-state index contributed by atoms with van der Waals surface area (Å²) in [6, 6.07) is 12.9. The Kier molecular flexibility index (Phi) is 4.63. The number of hydrogen-bond acceptors (Lipinski definition) is 2. The molecule has 0 aliphatic heterocycles. The van der Waals surface area contributed by atoms with Crippen LogP contribution >= 0.6 is 15.9 Å². The molecule has 0 unspecified atom stereocenters. The van der Waals surface area contributed by atoms with Gasteiger partial charge in [-0.2, -0.15) is 5.10 Å². The van der Waals surface area contributed by atoms with Gasteiger partial charge in [-0.1, -0.05) is 28.1 Å². The molecular formula is C15H12BrFN2O. The highest BCUT2D eigenvalue weighted by Crippen LogP contribution is 2.11. The molecule has 5 heteroatoms. The molecule has 20 heavy (non-hydrogen) atoms. The van der Waals surface area contributed by atoms with Crippen LogP contribution in [0.4, 0.5) is 4.39 Å². The first kappa shape index (κ1) is 14.4. The number of nitrogens with zero attached hydrogens (tertiary/aromatic N) is 1. The quantitative estimate of drug-likeness (QED) is 0.674. The summed E-state index contributed by atoms with van der Waals surface area (Å²) in [5.41, 5.74) is 4.40. The van der Waals surface area contributed by atoms with Crippen molar-refractivity contribution in [3.05, 3.63) is 69.9 Å². The van der Waals surface area contributed by atoms with E-state index in [9.17, 15) is 9.18 Å². The molecule has 0 saturated heterocycles. The highest BCUT2D eigenvalue weighted by molar-refractivity contribution is 9.10. The lowest BCUT2D eigenvalue weighted by Gasteiger charge is -2.03. The third-order valence-electron chi connectivity index (χ3n) is 2.69. The van der Waals surface area contributed by atoms with Crippen LogP contribution < -0.4 is 5.43 Å². The second kappa shape index (κ2) is 6.43. The Labute approximate surface area is 124 Å². The highest BCUT2D eigenvalue weighted by atomic mass is 79.9. The van der Waals surface area contributed by atoms with Gasteiger partial charge in [-0.05, 0) is 48.9 Å². The van der Waals surface area contributed by atoms with E-state index in [1.165, 1.54) is 24.3 Å². The summed E-state index contributed by atoms with van der Waals surface area (Å²) in [7, 11) is 0. The average molecular weight is 335 g/mol. The molecule has 1 amide bonds. The zero-order valence-electron chi connectivity index (χ0n) is 10.7. The monoisotopic (exact) mass is 334 g/mol. The topological polar surface area (TPSA) is 41.5 Å². The largest absolute Gasteiger partial charge is 0.271 e. The number of rotatable bonds is 3. The maximum absolute atomic E-state index is 12.8. The van der Waals surface area contributed by atoms with Gasteiger partial charge in [0.25, 0.3) is 5.91 Å². The lowest BCUT2D eigenvalue weighted by Crippen LogP contribution is -2.19. The summed E-state index contributed by atoms with van der Waals surface area (Å²) in [4.78, 5) is 11.8. The Balaban J connectivity index is 2.06. The van der Waals surface area contributed by atoms with Gasteiger partial charge in [0, 0.05) is 10.0 Å². The van der Waals surface area contributed by atoms with E-state index in [4.69, 9.17) is 0 Å². The summed E-state index contributed by atoms with van der Waals surface area (Å²) in [6.45, 7) is 1.80. The molecule has 0 radical (unpaired) electrons. The van der Waals surface area contributed by atoms with E-state index >= 15 is 0 Å². The summed E-state index contributed by atoms with van der Waals surface area (Å²) < 4.78 is 13.7. The predicted molar refractivity (Wildman–Crippen MR) is 80.2 cm³/mol. The minimum Gasteiger partial charge on any atom is -0.267 e. The van der Waals surface area contributed by atoms with Crippen LogP contribution in [-0.4, -0.2) is 11.6 Å². The van der Waals surface area contributed by atoms with E-state index in [-0.39, 0.29) is 11.7 Å². The van der Waals surface area contributed by atoms with Gasteiger partial charge in [-0.3, -0.25) is 4.79 Å². The lowest BCUT2D eigenvalue weighted by atomic mass is 10.1. The first-order valence-electron chi connectivity index (χ1n) is 5.92. The molecule has 0 aliphatic carbocycles. The van der Waals surface area contributed by atoms with Crippen LogP contribution in [0.2, 0.25) is 0 Å². The van der Waals surface area contributed by atoms with Crippen molar-refractivity contribution in [3.63, 3.8) is 0 Å². The minimum atomic E-state index is -0.379. The lowest BCUT2D eigenvalue weighted by molar-refractivity contribution is 0.0955. The number of carbonyl (C=O) groups is 1. The zero-order valence-corrected chi connectivity index (χ0v) is 12.3. The molecule has 0 saturated carbocycles. The Morgan fingerprint density at radius 2 is 1.60 bits per heavy atom. The van der Waals surface area contributed by atoms with Crippen molar-refractivity contribution in [3.8, 4) is 0 Å². The van der Waals surface area contributed by atoms with Gasteiger partial charge in [0.05, 0.1) is 5.71 Å². The third-order valence-corrected chi connectivity index (χ3v) is 3.22. The smallest absolute Gasteiger partial charge is 0.267 e. The van der Waals surface area contributed by atoms with Crippen LogP contribution in [0.5, 0.6) is 0 Å². The summed E-state index contributed by atoms with van der Waals surface area (Å²) >= 11 is 3.35. The van der Waals surface area contributed by atoms with Crippen LogP contribution in [0.1, 0.15) is 22.8 Å². The molecule has 0 bridgehead atoms. The Morgan fingerprint density at radius 1 is 1.05 bits per heavy atom. The van der Waals surface area contributed by atoms with Gasteiger partial charge >= 0.3 is 0 Å². The van der Waals surface area contributed by atoms with Crippen LogP contribution in [-0.2, 0) is 0 Å². The van der Waals surface area contributed by atoms with Gasteiger partial charge in [0.1, 0.15) is 5.82 Å². The van der Waals surface area contributed by atoms with E-state index in [0.29, 0.717) is 11.3 Å². The highest BCUT2D eigenvalue weighted by Gasteiger charge is 2.04. The third kappa shape index (κ3) is 3.74. The fourth-order valence-corrected chi connectivity index (χ4v) is 1.82. The van der Waals surface area contributed by atoms with Crippen LogP contribution in [0.15, 0.2) is 58.1 Å². The number of halogens is 2. The van der Waals surface area contributed by atoms with Crippen molar-refractivity contribution < 1.29 is 9.18 Å². The Bertz CT molecular complexity index is 636. The molecule has 0 spiro atoms. The second-order valence-corrected chi connectivity index (χ2v) is 5.07. The molecule has 1 N–H and O–H groups in total. The molecule has 3 nitrogen and oxygen atoms in total. The van der Waals surface area contributed by atoms with E-state index in [1.807, 2.05) is 24.3 Å². The standard InChI is InChI=1S/C15H12BrFN2O/c1-10(11-2-6-13(16)7-3-11)18-19-15(20)12-4-8-14(17)9-5-12/h2-9H,1H3,(H,19,20)/b18-10-. The maximum atomic E-state index is 12.8. The molecule has 2 aromatic carbocycles.